The Kier molecular flexibility index (Phi) is 12.5. The minimum absolute atomic E-state index is 0.648. The molecule has 0 bridgehead atoms. The third-order valence-electron chi connectivity index (χ3n) is 6.65. The number of benzene rings is 2. The van der Waals surface area contributed by atoms with Gasteiger partial charge in [0, 0.05) is 23.2 Å². The Hall–Kier alpha value is -2.82. The lowest BCUT2D eigenvalue weighted by Crippen LogP contribution is -2.33. The molecule has 194 valence electrons. The van der Waals surface area contributed by atoms with Gasteiger partial charge in [0.2, 0.25) is 0 Å². The first-order valence-electron chi connectivity index (χ1n) is 13.5. The zero-order chi connectivity index (χ0) is 26.5. The van der Waals surface area contributed by atoms with E-state index in [2.05, 4.69) is 68.4 Å². The topological polar surface area (TPSA) is 68.0 Å². The SMILES string of the molecule is CC.CN.Cc1cc(C)cc(-c2cnc3cc(C)c(/C=C/C=O)cc3c2CCCC2CCCCN2)c1. The Bertz CT molecular complexity index is 1120. The van der Waals surface area contributed by atoms with Crippen molar-refractivity contribution in [2.75, 3.05) is 13.6 Å². The van der Waals surface area contributed by atoms with Crippen LogP contribution in [0.2, 0.25) is 0 Å². The Morgan fingerprint density at radius 1 is 1.03 bits per heavy atom. The van der Waals surface area contributed by atoms with E-state index in [4.69, 9.17) is 4.98 Å². The standard InChI is InChI=1S/C29H34N2O.C2H6.CH5N/c1-20-14-21(2)16-24(15-20)28-19-31-29-17-22(3)23(8-7-13-32)18-27(29)26(28)11-6-10-25-9-4-5-12-30-25;2*1-2/h7-8,13-19,25,30H,4-6,9-12H2,1-3H3;1-2H3;2H2,1H3/b8-7+;;. The molecule has 36 heavy (non-hydrogen) atoms. The molecule has 3 aromatic rings. The number of carbonyl (C=O) groups excluding carboxylic acids is 1. The predicted molar refractivity (Wildman–Crippen MR) is 157 cm³/mol. The Morgan fingerprint density at radius 3 is 2.39 bits per heavy atom. The predicted octanol–water partition coefficient (Wildman–Crippen LogP) is 7.11. The van der Waals surface area contributed by atoms with Crippen molar-refractivity contribution >= 4 is 23.3 Å². The quantitative estimate of drug-likeness (QED) is 0.275. The van der Waals surface area contributed by atoms with Gasteiger partial charge in [-0.3, -0.25) is 9.78 Å². The Balaban J connectivity index is 0.00000109. The van der Waals surface area contributed by atoms with Crippen LogP contribution >= 0.6 is 0 Å². The van der Waals surface area contributed by atoms with E-state index in [0.717, 1.165) is 42.3 Å². The second-order valence-corrected chi connectivity index (χ2v) is 9.29. The highest BCUT2D eigenvalue weighted by Gasteiger charge is 2.16. The highest BCUT2D eigenvalue weighted by Crippen LogP contribution is 2.33. The number of pyridine rings is 1. The van der Waals surface area contributed by atoms with Gasteiger partial charge in [-0.2, -0.15) is 0 Å². The van der Waals surface area contributed by atoms with E-state index in [1.54, 1.807) is 6.08 Å². The normalized spacial score (nSPS) is 15.1. The van der Waals surface area contributed by atoms with Crippen molar-refractivity contribution in [1.29, 1.82) is 0 Å². The number of aryl methyl sites for hydroxylation is 4. The van der Waals surface area contributed by atoms with Crippen LogP contribution in [-0.2, 0) is 11.2 Å². The molecule has 1 unspecified atom stereocenters. The van der Waals surface area contributed by atoms with Crippen LogP contribution in [-0.4, -0.2) is 30.9 Å². The Labute approximate surface area is 218 Å². The van der Waals surface area contributed by atoms with Gasteiger partial charge in [0.05, 0.1) is 5.52 Å². The van der Waals surface area contributed by atoms with E-state index in [-0.39, 0.29) is 0 Å². The summed E-state index contributed by atoms with van der Waals surface area (Å²) in [6.07, 6.45) is 13.7. The number of hydrogen-bond donors (Lipinski definition) is 2. The van der Waals surface area contributed by atoms with Gasteiger partial charge < -0.3 is 11.1 Å². The first-order valence-corrected chi connectivity index (χ1v) is 13.5. The number of allylic oxidation sites excluding steroid dienone is 1. The molecular weight excluding hydrogens is 442 g/mol. The molecule has 3 N–H and O–H groups in total. The number of aldehydes is 1. The number of carbonyl (C=O) groups is 1. The number of fused-ring (bicyclic) bond motifs is 1. The minimum Gasteiger partial charge on any atom is -0.333 e. The van der Waals surface area contributed by atoms with Gasteiger partial charge in [0.15, 0.2) is 0 Å². The first-order chi connectivity index (χ1) is 17.5. The summed E-state index contributed by atoms with van der Waals surface area (Å²) in [5.74, 6) is 0. The summed E-state index contributed by atoms with van der Waals surface area (Å²) in [7, 11) is 1.50. The van der Waals surface area contributed by atoms with Gasteiger partial charge >= 0.3 is 0 Å². The van der Waals surface area contributed by atoms with E-state index >= 15 is 0 Å². The van der Waals surface area contributed by atoms with Gasteiger partial charge in [-0.05, 0) is 107 Å². The summed E-state index contributed by atoms with van der Waals surface area (Å²) in [5, 5.41) is 4.89. The van der Waals surface area contributed by atoms with Gasteiger partial charge in [-0.25, -0.2) is 0 Å². The molecule has 1 aromatic heterocycles. The average molecular weight is 488 g/mol. The minimum atomic E-state index is 0.648. The molecule has 0 saturated carbocycles. The number of piperidine rings is 1. The number of hydrogen-bond acceptors (Lipinski definition) is 4. The number of rotatable bonds is 7. The fourth-order valence-corrected chi connectivity index (χ4v) is 5.08. The smallest absolute Gasteiger partial charge is 0.142 e. The number of nitrogens with two attached hydrogens (primary N) is 1. The highest BCUT2D eigenvalue weighted by molar-refractivity contribution is 5.91. The third-order valence-corrected chi connectivity index (χ3v) is 6.65. The zero-order valence-electron chi connectivity index (χ0n) is 23.2. The van der Waals surface area contributed by atoms with E-state index in [9.17, 15) is 4.79 Å². The lowest BCUT2D eigenvalue weighted by molar-refractivity contribution is -0.104. The van der Waals surface area contributed by atoms with Crippen molar-refractivity contribution in [3.05, 3.63) is 70.4 Å². The van der Waals surface area contributed by atoms with Gasteiger partial charge in [-0.1, -0.05) is 55.7 Å². The van der Waals surface area contributed by atoms with Crippen LogP contribution in [0, 0.1) is 20.8 Å². The zero-order valence-corrected chi connectivity index (χ0v) is 23.2. The monoisotopic (exact) mass is 487 g/mol. The van der Waals surface area contributed by atoms with Crippen LogP contribution in [0.1, 0.15) is 73.8 Å². The van der Waals surface area contributed by atoms with Crippen molar-refractivity contribution in [2.24, 2.45) is 5.73 Å². The lowest BCUT2D eigenvalue weighted by Gasteiger charge is -2.23. The van der Waals surface area contributed by atoms with Crippen molar-refractivity contribution in [3.8, 4) is 11.1 Å². The molecule has 1 aliphatic heterocycles. The van der Waals surface area contributed by atoms with Gasteiger partial charge in [0.1, 0.15) is 6.29 Å². The van der Waals surface area contributed by atoms with Crippen LogP contribution in [0.3, 0.4) is 0 Å². The molecule has 2 heterocycles. The van der Waals surface area contributed by atoms with Crippen LogP contribution < -0.4 is 11.1 Å². The van der Waals surface area contributed by atoms with Crippen LogP contribution in [0.15, 0.2) is 42.6 Å². The summed E-state index contributed by atoms with van der Waals surface area (Å²) in [6, 6.07) is 11.8. The molecule has 4 heteroatoms. The maximum absolute atomic E-state index is 10.9. The number of nitrogens with zero attached hydrogens (tertiary/aromatic N) is 1. The molecule has 4 nitrogen and oxygen atoms in total. The maximum Gasteiger partial charge on any atom is 0.142 e. The molecule has 0 amide bonds. The number of nitrogens with one attached hydrogen (secondary N) is 1. The molecule has 1 saturated heterocycles. The summed E-state index contributed by atoms with van der Waals surface area (Å²) < 4.78 is 0. The second kappa shape index (κ2) is 15.3. The second-order valence-electron chi connectivity index (χ2n) is 9.29. The molecule has 0 spiro atoms. The molecule has 0 aliphatic carbocycles. The van der Waals surface area contributed by atoms with E-state index in [1.165, 1.54) is 65.9 Å². The van der Waals surface area contributed by atoms with E-state index < -0.39 is 0 Å². The molecule has 1 fully saturated rings. The van der Waals surface area contributed by atoms with E-state index in [1.807, 2.05) is 19.9 Å². The summed E-state index contributed by atoms with van der Waals surface area (Å²) in [4.78, 5) is 15.8. The van der Waals surface area contributed by atoms with Crippen molar-refractivity contribution in [1.82, 2.24) is 10.3 Å². The third kappa shape index (κ3) is 7.84. The van der Waals surface area contributed by atoms with Crippen molar-refractivity contribution in [2.45, 2.75) is 79.2 Å². The molecule has 0 radical (unpaired) electrons. The molecule has 2 aromatic carbocycles. The molecule has 1 aliphatic rings. The first kappa shape index (κ1) is 29.4. The van der Waals surface area contributed by atoms with Crippen LogP contribution in [0.4, 0.5) is 0 Å². The highest BCUT2D eigenvalue weighted by atomic mass is 16.1. The summed E-state index contributed by atoms with van der Waals surface area (Å²) >= 11 is 0. The van der Waals surface area contributed by atoms with Crippen molar-refractivity contribution in [3.63, 3.8) is 0 Å². The van der Waals surface area contributed by atoms with Crippen LogP contribution in [0.5, 0.6) is 0 Å². The fourth-order valence-electron chi connectivity index (χ4n) is 5.08. The average Bonchev–Trinajstić information content (AvgIpc) is 2.90. The van der Waals surface area contributed by atoms with Crippen molar-refractivity contribution < 1.29 is 4.79 Å². The van der Waals surface area contributed by atoms with Gasteiger partial charge in [0.25, 0.3) is 0 Å². The lowest BCUT2D eigenvalue weighted by atomic mass is 9.90. The van der Waals surface area contributed by atoms with Crippen LogP contribution in [0.25, 0.3) is 28.1 Å². The molecule has 4 rings (SSSR count). The summed E-state index contributed by atoms with van der Waals surface area (Å²) in [6.45, 7) is 11.6. The number of aromatic nitrogens is 1. The van der Waals surface area contributed by atoms with Gasteiger partial charge in [-0.15, -0.1) is 0 Å². The largest absolute Gasteiger partial charge is 0.333 e. The summed E-state index contributed by atoms with van der Waals surface area (Å²) in [5.41, 5.74) is 14.1. The fraction of sp³-hybridized carbons (Fsp3) is 0.438. The molecule has 1 atom stereocenters. The maximum atomic E-state index is 10.9. The molecular formula is C32H45N3O. The van der Waals surface area contributed by atoms with E-state index in [0.29, 0.717) is 6.04 Å². The Morgan fingerprint density at radius 2 is 1.75 bits per heavy atom.